The molecule has 0 saturated heterocycles. The van der Waals surface area contributed by atoms with Gasteiger partial charge in [0.1, 0.15) is 5.75 Å². The van der Waals surface area contributed by atoms with Crippen LogP contribution in [0.4, 0.5) is 5.69 Å². The molecule has 1 amide bonds. The van der Waals surface area contributed by atoms with E-state index in [1.807, 2.05) is 18.4 Å². The Kier molecular flexibility index (Phi) is 5.67. The lowest BCUT2D eigenvalue weighted by Gasteiger charge is -2.25. The normalized spacial score (nSPS) is 11.3. The summed E-state index contributed by atoms with van der Waals surface area (Å²) in [5.74, 6) is 0.281. The summed E-state index contributed by atoms with van der Waals surface area (Å²) in [5.41, 5.74) is 0.287. The van der Waals surface area contributed by atoms with E-state index >= 15 is 0 Å². The minimum Gasteiger partial charge on any atom is -0.478 e. The molecule has 0 fully saturated rings. The van der Waals surface area contributed by atoms with Crippen LogP contribution in [0.15, 0.2) is 53.7 Å². The van der Waals surface area contributed by atoms with Crippen LogP contribution in [0.25, 0.3) is 5.69 Å². The van der Waals surface area contributed by atoms with Gasteiger partial charge in [-0.2, -0.15) is 4.68 Å². The monoisotopic (exact) mass is 403 g/mol. The molecule has 27 heavy (non-hydrogen) atoms. The highest BCUT2D eigenvalue weighted by atomic mass is 35.5. The van der Waals surface area contributed by atoms with Crippen molar-refractivity contribution in [3.8, 4) is 11.4 Å². The quantitative estimate of drug-likeness (QED) is 0.630. The van der Waals surface area contributed by atoms with E-state index in [-0.39, 0.29) is 5.91 Å². The molecule has 0 atom stereocenters. The average molecular weight is 404 g/mol. The number of carbonyl (C=O) groups excluding carboxylic acids is 1. The molecule has 0 aliphatic rings. The molecule has 3 rings (SSSR count). The van der Waals surface area contributed by atoms with Gasteiger partial charge in [-0.1, -0.05) is 29.4 Å². The molecule has 0 saturated carbocycles. The van der Waals surface area contributed by atoms with Crippen LogP contribution in [0.1, 0.15) is 13.8 Å². The summed E-state index contributed by atoms with van der Waals surface area (Å²) in [6.45, 7) is 3.40. The molecular formula is C18H18ClN5O2S. The Bertz CT molecular complexity index is 943. The topological polar surface area (TPSA) is 81.9 Å². The van der Waals surface area contributed by atoms with Crippen molar-refractivity contribution in [2.75, 3.05) is 11.6 Å². The van der Waals surface area contributed by atoms with Gasteiger partial charge in [-0.25, -0.2) is 0 Å². The fraction of sp³-hybridized carbons (Fsp3) is 0.222. The number of tetrazole rings is 1. The summed E-state index contributed by atoms with van der Waals surface area (Å²) in [4.78, 5) is 12.7. The van der Waals surface area contributed by atoms with Gasteiger partial charge in [-0.05, 0) is 73.0 Å². The number of hydrogen-bond acceptors (Lipinski definition) is 6. The number of amides is 1. The van der Waals surface area contributed by atoms with Crippen LogP contribution in [0.5, 0.6) is 5.75 Å². The molecule has 0 unspecified atom stereocenters. The molecule has 0 aliphatic carbocycles. The first kappa shape index (κ1) is 19.2. The number of halogens is 1. The zero-order chi connectivity index (χ0) is 19.4. The van der Waals surface area contributed by atoms with Gasteiger partial charge in [0.15, 0.2) is 5.60 Å². The first-order valence-electron chi connectivity index (χ1n) is 8.08. The highest BCUT2D eigenvalue weighted by molar-refractivity contribution is 7.98. The number of rotatable bonds is 6. The smallest absolute Gasteiger partial charge is 0.267 e. The van der Waals surface area contributed by atoms with E-state index in [1.165, 1.54) is 11.8 Å². The molecule has 0 aliphatic heterocycles. The van der Waals surface area contributed by atoms with E-state index in [2.05, 4.69) is 20.8 Å². The third-order valence-electron chi connectivity index (χ3n) is 3.71. The highest BCUT2D eigenvalue weighted by Crippen LogP contribution is 2.23. The van der Waals surface area contributed by atoms with E-state index in [0.717, 1.165) is 5.69 Å². The summed E-state index contributed by atoms with van der Waals surface area (Å²) < 4.78 is 7.43. The number of ether oxygens (including phenoxy) is 1. The number of nitrogens with one attached hydrogen (secondary N) is 1. The van der Waals surface area contributed by atoms with Crippen LogP contribution in [-0.4, -0.2) is 38.0 Å². The second kappa shape index (κ2) is 7.98. The Balaban J connectivity index is 1.75. The predicted octanol–water partition coefficient (Wildman–Crippen LogP) is 3.83. The van der Waals surface area contributed by atoms with Crippen LogP contribution in [0.3, 0.4) is 0 Å². The third kappa shape index (κ3) is 4.58. The minimum absolute atomic E-state index is 0.281. The Morgan fingerprint density at radius 1 is 1.22 bits per heavy atom. The van der Waals surface area contributed by atoms with E-state index in [1.54, 1.807) is 54.9 Å². The lowest BCUT2D eigenvalue weighted by Crippen LogP contribution is -2.42. The van der Waals surface area contributed by atoms with Crippen LogP contribution < -0.4 is 10.1 Å². The molecule has 0 radical (unpaired) electrons. The lowest BCUT2D eigenvalue weighted by molar-refractivity contribution is -0.128. The zero-order valence-electron chi connectivity index (χ0n) is 15.0. The molecule has 1 heterocycles. The maximum atomic E-state index is 12.7. The summed E-state index contributed by atoms with van der Waals surface area (Å²) in [7, 11) is 0. The minimum atomic E-state index is -1.08. The molecule has 0 spiro atoms. The SMILES string of the molecule is CSc1nnnn1-c1cccc(NC(=O)C(C)(C)Oc2ccc(Cl)cc2)c1. The predicted molar refractivity (Wildman–Crippen MR) is 106 cm³/mol. The number of carbonyl (C=O) groups is 1. The van der Waals surface area contributed by atoms with Crippen molar-refractivity contribution < 1.29 is 9.53 Å². The van der Waals surface area contributed by atoms with Gasteiger partial charge in [-0.3, -0.25) is 4.79 Å². The number of aromatic nitrogens is 4. The van der Waals surface area contributed by atoms with Crippen molar-refractivity contribution in [3.63, 3.8) is 0 Å². The maximum absolute atomic E-state index is 12.7. The molecule has 1 N–H and O–H groups in total. The number of anilines is 1. The summed E-state index contributed by atoms with van der Waals surface area (Å²) in [5, 5.41) is 15.7. The number of hydrogen-bond donors (Lipinski definition) is 1. The molecule has 9 heteroatoms. The van der Waals surface area contributed by atoms with Crippen LogP contribution >= 0.6 is 23.4 Å². The highest BCUT2D eigenvalue weighted by Gasteiger charge is 2.30. The maximum Gasteiger partial charge on any atom is 0.267 e. The van der Waals surface area contributed by atoms with Crippen LogP contribution in [0, 0.1) is 0 Å². The Morgan fingerprint density at radius 2 is 1.96 bits per heavy atom. The molecule has 0 bridgehead atoms. The first-order valence-corrected chi connectivity index (χ1v) is 9.68. The summed E-state index contributed by atoms with van der Waals surface area (Å²) in [6, 6.07) is 14.1. The van der Waals surface area contributed by atoms with Crippen molar-refractivity contribution in [2.24, 2.45) is 0 Å². The van der Waals surface area contributed by atoms with E-state index in [0.29, 0.717) is 21.6 Å². The average Bonchev–Trinajstić information content (AvgIpc) is 3.12. The largest absolute Gasteiger partial charge is 0.478 e. The number of benzene rings is 2. The van der Waals surface area contributed by atoms with E-state index in [9.17, 15) is 4.79 Å². The second-order valence-corrected chi connectivity index (χ2v) is 7.36. The fourth-order valence-corrected chi connectivity index (χ4v) is 2.87. The standard InChI is InChI=1S/C18H18ClN5O2S/c1-18(2,26-15-9-7-12(19)8-10-15)16(25)20-13-5-4-6-14(11-13)24-17(27-3)21-22-23-24/h4-11H,1-3H3,(H,20,25). The molecule has 1 aromatic heterocycles. The lowest BCUT2D eigenvalue weighted by atomic mass is 10.1. The third-order valence-corrected chi connectivity index (χ3v) is 4.58. The number of thioether (sulfide) groups is 1. The molecule has 3 aromatic rings. The molecular weight excluding hydrogens is 386 g/mol. The van der Waals surface area contributed by atoms with Crippen LogP contribution in [-0.2, 0) is 4.79 Å². The second-order valence-electron chi connectivity index (χ2n) is 6.15. The Morgan fingerprint density at radius 3 is 2.67 bits per heavy atom. The van der Waals surface area contributed by atoms with Gasteiger partial charge in [0.25, 0.3) is 5.91 Å². The van der Waals surface area contributed by atoms with Crippen molar-refractivity contribution in [2.45, 2.75) is 24.6 Å². The van der Waals surface area contributed by atoms with Gasteiger partial charge < -0.3 is 10.1 Å². The van der Waals surface area contributed by atoms with Crippen molar-refractivity contribution in [1.29, 1.82) is 0 Å². The van der Waals surface area contributed by atoms with Crippen molar-refractivity contribution >= 4 is 35.0 Å². The molecule has 2 aromatic carbocycles. The van der Waals surface area contributed by atoms with Crippen molar-refractivity contribution in [3.05, 3.63) is 53.6 Å². The van der Waals surface area contributed by atoms with Gasteiger partial charge in [0, 0.05) is 10.7 Å². The van der Waals surface area contributed by atoms with Gasteiger partial charge in [0.05, 0.1) is 5.69 Å². The Labute approximate surface area is 166 Å². The van der Waals surface area contributed by atoms with Gasteiger partial charge in [-0.15, -0.1) is 5.10 Å². The van der Waals surface area contributed by atoms with Gasteiger partial charge >= 0.3 is 0 Å². The zero-order valence-corrected chi connectivity index (χ0v) is 16.6. The summed E-state index contributed by atoms with van der Waals surface area (Å²) in [6.07, 6.45) is 1.89. The van der Waals surface area contributed by atoms with E-state index in [4.69, 9.17) is 16.3 Å². The number of nitrogens with zero attached hydrogens (tertiary/aromatic N) is 4. The van der Waals surface area contributed by atoms with Crippen molar-refractivity contribution in [1.82, 2.24) is 20.2 Å². The Hall–Kier alpha value is -2.58. The van der Waals surface area contributed by atoms with Crippen LogP contribution in [0.2, 0.25) is 5.02 Å². The van der Waals surface area contributed by atoms with E-state index < -0.39 is 5.60 Å². The first-order chi connectivity index (χ1) is 12.9. The molecule has 7 nitrogen and oxygen atoms in total. The fourth-order valence-electron chi connectivity index (χ4n) is 2.31. The summed E-state index contributed by atoms with van der Waals surface area (Å²) >= 11 is 7.31. The molecule has 140 valence electrons. The van der Waals surface area contributed by atoms with Gasteiger partial charge in [0.2, 0.25) is 5.16 Å².